The summed E-state index contributed by atoms with van der Waals surface area (Å²) in [6.07, 6.45) is 2.13. The van der Waals surface area contributed by atoms with E-state index in [1.165, 1.54) is 5.56 Å². The zero-order chi connectivity index (χ0) is 12.1. The number of benzene rings is 1. The van der Waals surface area contributed by atoms with Gasteiger partial charge in [-0.2, -0.15) is 0 Å². The monoisotopic (exact) mass is 259 g/mol. The normalized spacial score (nSPS) is 13.1. The molecule has 2 N–H and O–H groups in total. The molecule has 16 heavy (non-hydrogen) atoms. The van der Waals surface area contributed by atoms with Crippen molar-refractivity contribution in [2.75, 3.05) is 6.54 Å². The van der Waals surface area contributed by atoms with Gasteiger partial charge in [0.2, 0.25) is 0 Å². The highest BCUT2D eigenvalue weighted by molar-refractivity contribution is 6.42. The van der Waals surface area contributed by atoms with Crippen LogP contribution in [0.3, 0.4) is 0 Å². The van der Waals surface area contributed by atoms with Gasteiger partial charge >= 0.3 is 0 Å². The third-order valence-corrected chi connectivity index (χ3v) is 3.39. The first-order valence-corrected chi connectivity index (χ1v) is 6.42. The summed E-state index contributed by atoms with van der Waals surface area (Å²) >= 11 is 11.9. The van der Waals surface area contributed by atoms with Crippen LogP contribution < -0.4 is 5.73 Å². The van der Waals surface area contributed by atoms with Crippen molar-refractivity contribution in [3.05, 3.63) is 33.8 Å². The summed E-state index contributed by atoms with van der Waals surface area (Å²) in [5.41, 5.74) is 6.99. The molecule has 3 heteroatoms. The molecular formula is C13H19Cl2N. The summed E-state index contributed by atoms with van der Waals surface area (Å²) in [4.78, 5) is 0. The van der Waals surface area contributed by atoms with Crippen LogP contribution in [0.4, 0.5) is 0 Å². The lowest BCUT2D eigenvalue weighted by Gasteiger charge is -2.17. The van der Waals surface area contributed by atoms with E-state index in [9.17, 15) is 0 Å². The van der Waals surface area contributed by atoms with Crippen LogP contribution in [-0.2, 0) is 6.42 Å². The average molecular weight is 260 g/mol. The smallest absolute Gasteiger partial charge is 0.0595 e. The minimum Gasteiger partial charge on any atom is -0.330 e. The van der Waals surface area contributed by atoms with Gasteiger partial charge in [0.1, 0.15) is 0 Å². The fourth-order valence-electron chi connectivity index (χ4n) is 1.93. The van der Waals surface area contributed by atoms with Crippen LogP contribution in [-0.4, -0.2) is 6.54 Å². The zero-order valence-electron chi connectivity index (χ0n) is 9.84. The molecule has 0 heterocycles. The fraction of sp³-hybridized carbons (Fsp3) is 0.538. The Labute approximate surface area is 108 Å². The van der Waals surface area contributed by atoms with Gasteiger partial charge in [-0.1, -0.05) is 43.1 Å². The minimum atomic E-state index is 0.525. The Morgan fingerprint density at radius 2 is 1.88 bits per heavy atom. The van der Waals surface area contributed by atoms with Crippen LogP contribution in [0.15, 0.2) is 18.2 Å². The van der Waals surface area contributed by atoms with E-state index in [0.717, 1.165) is 19.4 Å². The van der Waals surface area contributed by atoms with Gasteiger partial charge in [-0.05, 0) is 48.9 Å². The predicted molar refractivity (Wildman–Crippen MR) is 72.2 cm³/mol. The van der Waals surface area contributed by atoms with Crippen molar-refractivity contribution >= 4 is 23.2 Å². The van der Waals surface area contributed by atoms with E-state index < -0.39 is 0 Å². The molecule has 0 fully saturated rings. The molecule has 0 radical (unpaired) electrons. The molecule has 0 amide bonds. The molecule has 90 valence electrons. The number of halogens is 2. The van der Waals surface area contributed by atoms with Crippen LogP contribution >= 0.6 is 23.2 Å². The molecule has 0 bridgehead atoms. The lowest BCUT2D eigenvalue weighted by molar-refractivity contribution is 0.415. The quantitative estimate of drug-likeness (QED) is 0.845. The Hall–Kier alpha value is -0.240. The first-order valence-electron chi connectivity index (χ1n) is 5.67. The lowest BCUT2D eigenvalue weighted by Crippen LogP contribution is -2.18. The molecule has 1 aromatic rings. The highest BCUT2D eigenvalue weighted by Gasteiger charge is 2.10. The second-order valence-electron chi connectivity index (χ2n) is 4.68. The van der Waals surface area contributed by atoms with E-state index in [-0.39, 0.29) is 0 Å². The maximum atomic E-state index is 5.98. The number of rotatable bonds is 5. The maximum Gasteiger partial charge on any atom is 0.0595 e. The Morgan fingerprint density at radius 3 is 2.38 bits per heavy atom. The molecule has 0 aliphatic rings. The second-order valence-corrected chi connectivity index (χ2v) is 5.50. The first-order chi connectivity index (χ1) is 7.52. The third kappa shape index (κ3) is 4.32. The summed E-state index contributed by atoms with van der Waals surface area (Å²) in [5, 5.41) is 1.23. The molecule has 1 unspecified atom stereocenters. The molecule has 0 saturated heterocycles. The second kappa shape index (κ2) is 6.48. The lowest BCUT2D eigenvalue weighted by atomic mass is 9.91. The van der Waals surface area contributed by atoms with Crippen molar-refractivity contribution in [2.45, 2.75) is 26.7 Å². The first kappa shape index (κ1) is 13.8. The predicted octanol–water partition coefficient (Wildman–Crippen LogP) is 4.16. The van der Waals surface area contributed by atoms with Crippen molar-refractivity contribution in [1.82, 2.24) is 0 Å². The van der Waals surface area contributed by atoms with Crippen LogP contribution in [0, 0.1) is 11.8 Å². The standard InChI is InChI=1S/C13H19Cl2N/c1-9(2)5-11(8-16)6-10-3-4-12(14)13(15)7-10/h3-4,7,9,11H,5-6,8,16H2,1-2H3. The largest absolute Gasteiger partial charge is 0.330 e. The fourth-order valence-corrected chi connectivity index (χ4v) is 2.25. The van der Waals surface area contributed by atoms with E-state index in [2.05, 4.69) is 13.8 Å². The summed E-state index contributed by atoms with van der Waals surface area (Å²) in [5.74, 6) is 1.20. The van der Waals surface area contributed by atoms with Crippen LogP contribution in [0.25, 0.3) is 0 Å². The Morgan fingerprint density at radius 1 is 1.19 bits per heavy atom. The van der Waals surface area contributed by atoms with E-state index in [4.69, 9.17) is 28.9 Å². The van der Waals surface area contributed by atoms with E-state index >= 15 is 0 Å². The average Bonchev–Trinajstić information content (AvgIpc) is 2.22. The minimum absolute atomic E-state index is 0.525. The SMILES string of the molecule is CC(C)CC(CN)Cc1ccc(Cl)c(Cl)c1. The summed E-state index contributed by atoms with van der Waals surface area (Å²) in [7, 11) is 0. The van der Waals surface area contributed by atoms with E-state index in [1.54, 1.807) is 0 Å². The van der Waals surface area contributed by atoms with Crippen LogP contribution in [0.1, 0.15) is 25.8 Å². The molecule has 0 aliphatic heterocycles. The summed E-state index contributed by atoms with van der Waals surface area (Å²) in [6, 6.07) is 5.81. The van der Waals surface area contributed by atoms with Gasteiger partial charge in [0.15, 0.2) is 0 Å². The van der Waals surface area contributed by atoms with Crippen molar-refractivity contribution in [3.63, 3.8) is 0 Å². The number of nitrogens with two attached hydrogens (primary N) is 1. The van der Waals surface area contributed by atoms with Gasteiger partial charge in [0.05, 0.1) is 10.0 Å². The molecule has 1 atom stereocenters. The van der Waals surface area contributed by atoms with Crippen LogP contribution in [0.2, 0.25) is 10.0 Å². The number of hydrogen-bond donors (Lipinski definition) is 1. The van der Waals surface area contributed by atoms with Crippen LogP contribution in [0.5, 0.6) is 0 Å². The highest BCUT2D eigenvalue weighted by atomic mass is 35.5. The topological polar surface area (TPSA) is 26.0 Å². The molecule has 0 aliphatic carbocycles. The number of hydrogen-bond acceptors (Lipinski definition) is 1. The Kier molecular flexibility index (Phi) is 5.60. The summed E-state index contributed by atoms with van der Waals surface area (Å²) in [6.45, 7) is 5.16. The molecule has 0 saturated carbocycles. The molecule has 0 aromatic heterocycles. The van der Waals surface area contributed by atoms with Crippen molar-refractivity contribution in [2.24, 2.45) is 17.6 Å². The van der Waals surface area contributed by atoms with E-state index in [1.807, 2.05) is 18.2 Å². The van der Waals surface area contributed by atoms with Gasteiger partial charge in [-0.3, -0.25) is 0 Å². The zero-order valence-corrected chi connectivity index (χ0v) is 11.4. The maximum absolute atomic E-state index is 5.98. The molecule has 1 aromatic carbocycles. The Bertz CT molecular complexity index is 337. The van der Waals surface area contributed by atoms with Gasteiger partial charge in [-0.15, -0.1) is 0 Å². The molecule has 1 rings (SSSR count). The summed E-state index contributed by atoms with van der Waals surface area (Å²) < 4.78 is 0. The molecule has 0 spiro atoms. The van der Waals surface area contributed by atoms with Gasteiger partial charge < -0.3 is 5.73 Å². The van der Waals surface area contributed by atoms with Crippen molar-refractivity contribution in [3.8, 4) is 0 Å². The van der Waals surface area contributed by atoms with Gasteiger partial charge in [0, 0.05) is 0 Å². The van der Waals surface area contributed by atoms with Crippen molar-refractivity contribution in [1.29, 1.82) is 0 Å². The molecule has 1 nitrogen and oxygen atoms in total. The van der Waals surface area contributed by atoms with Crippen molar-refractivity contribution < 1.29 is 0 Å². The van der Waals surface area contributed by atoms with Gasteiger partial charge in [-0.25, -0.2) is 0 Å². The van der Waals surface area contributed by atoms with E-state index in [0.29, 0.717) is 21.9 Å². The molecular weight excluding hydrogens is 241 g/mol. The Balaban J connectivity index is 2.66. The third-order valence-electron chi connectivity index (χ3n) is 2.65. The van der Waals surface area contributed by atoms with Gasteiger partial charge in [0.25, 0.3) is 0 Å². The highest BCUT2D eigenvalue weighted by Crippen LogP contribution is 2.25.